The maximum atomic E-state index is 12.3. The molecule has 2 aromatic rings. The van der Waals surface area contributed by atoms with Gasteiger partial charge in [-0.3, -0.25) is 4.79 Å². The minimum Gasteiger partial charge on any atom is -0.481 e. The number of carbonyl (C=O) groups excluding carboxylic acids is 1. The van der Waals surface area contributed by atoms with Crippen molar-refractivity contribution in [2.45, 2.75) is 32.1 Å². The molecule has 6 heteroatoms. The summed E-state index contributed by atoms with van der Waals surface area (Å²) < 4.78 is 5.81. The van der Waals surface area contributed by atoms with E-state index in [1.54, 1.807) is 23.9 Å². The van der Waals surface area contributed by atoms with Crippen LogP contribution < -0.4 is 10.1 Å². The first-order valence-electron chi connectivity index (χ1n) is 8.52. The van der Waals surface area contributed by atoms with Crippen LogP contribution in [0.2, 0.25) is 10.0 Å². The summed E-state index contributed by atoms with van der Waals surface area (Å²) in [6.07, 6.45) is 0.0997. The van der Waals surface area contributed by atoms with Crippen LogP contribution in [-0.2, 0) is 10.5 Å². The average Bonchev–Trinajstić information content (AvgIpc) is 2.63. The highest BCUT2D eigenvalue weighted by atomic mass is 35.5. The molecular formula is C20H23Cl2NO2S. The third kappa shape index (κ3) is 6.75. The van der Waals surface area contributed by atoms with Gasteiger partial charge in [0.15, 0.2) is 6.10 Å². The van der Waals surface area contributed by atoms with Gasteiger partial charge in [-0.15, -0.1) is 0 Å². The lowest BCUT2D eigenvalue weighted by atomic mass is 10.2. The van der Waals surface area contributed by atoms with Crippen LogP contribution in [0, 0.1) is 6.92 Å². The summed E-state index contributed by atoms with van der Waals surface area (Å²) in [6, 6.07) is 13.2. The first-order valence-corrected chi connectivity index (χ1v) is 10.4. The number of halogens is 2. The van der Waals surface area contributed by atoms with E-state index in [4.69, 9.17) is 27.9 Å². The van der Waals surface area contributed by atoms with E-state index in [0.717, 1.165) is 22.1 Å². The Bertz CT molecular complexity index is 722. The summed E-state index contributed by atoms with van der Waals surface area (Å²) in [5, 5.41) is 4.37. The molecule has 2 aromatic carbocycles. The largest absolute Gasteiger partial charge is 0.481 e. The van der Waals surface area contributed by atoms with Crippen LogP contribution in [0.1, 0.15) is 24.5 Å². The first-order chi connectivity index (χ1) is 12.5. The van der Waals surface area contributed by atoms with Crippen molar-refractivity contribution >= 4 is 40.9 Å². The molecule has 0 saturated heterocycles. The molecule has 0 aromatic heterocycles. The van der Waals surface area contributed by atoms with Crippen molar-refractivity contribution in [1.29, 1.82) is 0 Å². The quantitative estimate of drug-likeness (QED) is 0.552. The maximum Gasteiger partial charge on any atom is 0.261 e. The molecule has 0 aliphatic rings. The second-order valence-electron chi connectivity index (χ2n) is 5.90. The summed E-state index contributed by atoms with van der Waals surface area (Å²) in [5.74, 6) is 2.30. The molecule has 0 bridgehead atoms. The zero-order valence-corrected chi connectivity index (χ0v) is 17.3. The molecule has 1 amide bonds. The molecule has 26 heavy (non-hydrogen) atoms. The van der Waals surface area contributed by atoms with Crippen molar-refractivity contribution in [3.63, 3.8) is 0 Å². The molecule has 0 saturated carbocycles. The van der Waals surface area contributed by atoms with Crippen molar-refractivity contribution in [3.05, 3.63) is 63.6 Å². The molecule has 0 heterocycles. The maximum absolute atomic E-state index is 12.3. The summed E-state index contributed by atoms with van der Waals surface area (Å²) >= 11 is 13.7. The molecule has 0 aliphatic heterocycles. The van der Waals surface area contributed by atoms with Gasteiger partial charge in [0.25, 0.3) is 5.91 Å². The number of hydrogen-bond donors (Lipinski definition) is 1. The van der Waals surface area contributed by atoms with Gasteiger partial charge < -0.3 is 10.1 Å². The van der Waals surface area contributed by atoms with Gasteiger partial charge in [-0.1, -0.05) is 42.3 Å². The SMILES string of the molecule is CC[C@@H](Oc1ccc(Cl)c(C)c1)C(=O)NCCSCc1ccc(Cl)cc1. The van der Waals surface area contributed by atoms with Crippen molar-refractivity contribution in [2.75, 3.05) is 12.3 Å². The van der Waals surface area contributed by atoms with Gasteiger partial charge in [0.05, 0.1) is 0 Å². The number of aryl methyl sites for hydroxylation is 1. The van der Waals surface area contributed by atoms with Crippen molar-refractivity contribution in [1.82, 2.24) is 5.32 Å². The number of rotatable bonds is 9. The number of hydrogen-bond acceptors (Lipinski definition) is 3. The fourth-order valence-electron chi connectivity index (χ4n) is 2.31. The highest BCUT2D eigenvalue weighted by molar-refractivity contribution is 7.98. The topological polar surface area (TPSA) is 38.3 Å². The van der Waals surface area contributed by atoms with Crippen LogP contribution >= 0.6 is 35.0 Å². The summed E-state index contributed by atoms with van der Waals surface area (Å²) in [5.41, 5.74) is 2.15. The molecule has 0 spiro atoms. The van der Waals surface area contributed by atoms with Crippen LogP contribution in [0.15, 0.2) is 42.5 Å². The normalized spacial score (nSPS) is 11.8. The first kappa shape index (κ1) is 20.9. The molecule has 0 aliphatic carbocycles. The Kier molecular flexibility index (Phi) is 8.63. The second-order valence-corrected chi connectivity index (χ2v) is 7.84. The second kappa shape index (κ2) is 10.7. The lowest BCUT2D eigenvalue weighted by Crippen LogP contribution is -2.39. The smallest absolute Gasteiger partial charge is 0.261 e. The molecule has 3 nitrogen and oxygen atoms in total. The standard InChI is InChI=1S/C20H23Cl2NO2S/c1-3-19(25-17-8-9-18(22)14(2)12-17)20(24)23-10-11-26-13-15-4-6-16(21)7-5-15/h4-9,12,19H,3,10-11,13H2,1-2H3,(H,23,24)/t19-/m1/s1. The van der Waals surface area contributed by atoms with Gasteiger partial charge in [0.1, 0.15) is 5.75 Å². The van der Waals surface area contributed by atoms with Crippen LogP contribution in [0.3, 0.4) is 0 Å². The lowest BCUT2D eigenvalue weighted by molar-refractivity contribution is -0.127. The molecular weight excluding hydrogens is 389 g/mol. The highest BCUT2D eigenvalue weighted by Gasteiger charge is 2.18. The molecule has 140 valence electrons. The predicted octanol–water partition coefficient (Wildman–Crippen LogP) is 5.51. The zero-order valence-electron chi connectivity index (χ0n) is 14.9. The number of amides is 1. The molecule has 0 radical (unpaired) electrons. The number of thioether (sulfide) groups is 1. The average molecular weight is 412 g/mol. The fourth-order valence-corrected chi connectivity index (χ4v) is 3.37. The zero-order chi connectivity index (χ0) is 18.9. The summed E-state index contributed by atoms with van der Waals surface area (Å²) in [4.78, 5) is 12.3. The van der Waals surface area contributed by atoms with Crippen LogP contribution in [0.5, 0.6) is 5.75 Å². The Hall–Kier alpha value is -1.36. The Morgan fingerprint density at radius 3 is 2.58 bits per heavy atom. The molecule has 1 atom stereocenters. The third-order valence-corrected chi connectivity index (χ3v) is 5.50. The van der Waals surface area contributed by atoms with E-state index in [1.165, 1.54) is 5.56 Å². The molecule has 0 unspecified atom stereocenters. The Labute approximate surface area is 169 Å². The van der Waals surface area contributed by atoms with Gasteiger partial charge in [-0.05, 0) is 54.8 Å². The van der Waals surface area contributed by atoms with Gasteiger partial charge in [0.2, 0.25) is 0 Å². The van der Waals surface area contributed by atoms with Crippen LogP contribution in [-0.4, -0.2) is 24.3 Å². The van der Waals surface area contributed by atoms with Crippen molar-refractivity contribution < 1.29 is 9.53 Å². The third-order valence-electron chi connectivity index (χ3n) is 3.80. The minimum absolute atomic E-state index is 0.0906. The van der Waals surface area contributed by atoms with E-state index < -0.39 is 6.10 Å². The summed E-state index contributed by atoms with van der Waals surface area (Å²) in [7, 11) is 0. The van der Waals surface area contributed by atoms with E-state index in [9.17, 15) is 4.79 Å². The van der Waals surface area contributed by atoms with E-state index >= 15 is 0 Å². The monoisotopic (exact) mass is 411 g/mol. The number of benzene rings is 2. The van der Waals surface area contributed by atoms with E-state index in [1.807, 2.05) is 44.2 Å². The number of ether oxygens (including phenoxy) is 1. The number of carbonyl (C=O) groups is 1. The van der Waals surface area contributed by atoms with Gasteiger partial charge in [-0.25, -0.2) is 0 Å². The van der Waals surface area contributed by atoms with Crippen LogP contribution in [0.4, 0.5) is 0 Å². The molecule has 1 N–H and O–H groups in total. The van der Waals surface area contributed by atoms with Crippen LogP contribution in [0.25, 0.3) is 0 Å². The lowest BCUT2D eigenvalue weighted by Gasteiger charge is -2.17. The van der Waals surface area contributed by atoms with Crippen molar-refractivity contribution in [3.8, 4) is 5.75 Å². The van der Waals surface area contributed by atoms with Crippen molar-refractivity contribution in [2.24, 2.45) is 0 Å². The molecule has 2 rings (SSSR count). The van der Waals surface area contributed by atoms with Gasteiger partial charge in [-0.2, -0.15) is 11.8 Å². The van der Waals surface area contributed by atoms with Gasteiger partial charge in [0, 0.05) is 28.1 Å². The summed E-state index contributed by atoms with van der Waals surface area (Å²) in [6.45, 7) is 4.45. The van der Waals surface area contributed by atoms with E-state index in [2.05, 4.69) is 5.32 Å². The molecule has 0 fully saturated rings. The number of nitrogens with one attached hydrogen (secondary N) is 1. The minimum atomic E-state index is -0.503. The van der Waals surface area contributed by atoms with E-state index in [-0.39, 0.29) is 5.91 Å². The fraction of sp³-hybridized carbons (Fsp3) is 0.350. The Morgan fingerprint density at radius 1 is 1.19 bits per heavy atom. The highest BCUT2D eigenvalue weighted by Crippen LogP contribution is 2.22. The predicted molar refractivity (Wildman–Crippen MR) is 112 cm³/mol. The van der Waals surface area contributed by atoms with Gasteiger partial charge >= 0.3 is 0 Å². The van der Waals surface area contributed by atoms with E-state index in [0.29, 0.717) is 23.7 Å². The Balaban J connectivity index is 1.72. The Morgan fingerprint density at radius 2 is 1.92 bits per heavy atom.